The van der Waals surface area contributed by atoms with Crippen LogP contribution in [0.2, 0.25) is 18.1 Å². The SMILES string of the molecule is CC[Si](CC)(CC)OCC1C(N(Cc2ccc(OC)cc2)S(=O)(=O)N(C)C)C[C@@H](C)N1C(=O)O. The number of benzene rings is 1. The predicted molar refractivity (Wildman–Crippen MR) is 136 cm³/mol. The summed E-state index contributed by atoms with van der Waals surface area (Å²) in [6.07, 6.45) is -0.644. The third-order valence-corrected chi connectivity index (χ3v) is 13.8. The molecule has 2 rings (SSSR count). The summed E-state index contributed by atoms with van der Waals surface area (Å²) >= 11 is 0. The first-order valence-corrected chi connectivity index (χ1v) is 15.9. The van der Waals surface area contributed by atoms with Crippen LogP contribution in [0.1, 0.15) is 39.7 Å². The van der Waals surface area contributed by atoms with Crippen molar-refractivity contribution in [1.29, 1.82) is 0 Å². The van der Waals surface area contributed by atoms with Gasteiger partial charge in [0.25, 0.3) is 10.2 Å². The summed E-state index contributed by atoms with van der Waals surface area (Å²) in [5.74, 6) is 0.684. The van der Waals surface area contributed by atoms with E-state index < -0.39 is 36.7 Å². The van der Waals surface area contributed by atoms with E-state index in [1.54, 1.807) is 19.2 Å². The van der Waals surface area contributed by atoms with E-state index in [4.69, 9.17) is 9.16 Å². The van der Waals surface area contributed by atoms with Crippen LogP contribution in [0.25, 0.3) is 0 Å². The summed E-state index contributed by atoms with van der Waals surface area (Å²) in [7, 11) is -1.27. The van der Waals surface area contributed by atoms with Crippen LogP contribution >= 0.6 is 0 Å². The van der Waals surface area contributed by atoms with Gasteiger partial charge in [0.05, 0.1) is 25.8 Å². The number of nitrogens with zero attached hydrogens (tertiary/aromatic N) is 3. The van der Waals surface area contributed by atoms with Crippen LogP contribution in [-0.4, -0.2) is 87.4 Å². The Morgan fingerprint density at radius 3 is 2.15 bits per heavy atom. The van der Waals surface area contributed by atoms with E-state index in [0.717, 1.165) is 23.7 Å². The van der Waals surface area contributed by atoms with Gasteiger partial charge in [-0.05, 0) is 49.2 Å². The first-order chi connectivity index (χ1) is 16.0. The Bertz CT molecular complexity index is 900. The number of methoxy groups -OCH3 is 1. The lowest BCUT2D eigenvalue weighted by molar-refractivity contribution is 0.0919. The molecule has 1 aliphatic heterocycles. The molecule has 0 aliphatic carbocycles. The molecule has 1 aromatic rings. The molecule has 1 amide bonds. The smallest absolute Gasteiger partial charge is 0.407 e. The van der Waals surface area contributed by atoms with Crippen LogP contribution in [0.4, 0.5) is 4.79 Å². The van der Waals surface area contributed by atoms with Crippen molar-refractivity contribution in [1.82, 2.24) is 13.5 Å². The van der Waals surface area contributed by atoms with E-state index in [9.17, 15) is 18.3 Å². The van der Waals surface area contributed by atoms with Gasteiger partial charge >= 0.3 is 6.09 Å². The van der Waals surface area contributed by atoms with Gasteiger partial charge in [0.2, 0.25) is 0 Å². The van der Waals surface area contributed by atoms with Crippen molar-refractivity contribution in [3.05, 3.63) is 29.8 Å². The molecule has 0 aromatic heterocycles. The number of ether oxygens (including phenoxy) is 1. The van der Waals surface area contributed by atoms with Gasteiger partial charge in [-0.25, -0.2) is 4.79 Å². The third kappa shape index (κ3) is 6.12. The van der Waals surface area contributed by atoms with E-state index in [1.165, 1.54) is 27.6 Å². The van der Waals surface area contributed by atoms with E-state index >= 15 is 0 Å². The maximum atomic E-state index is 13.5. The second-order valence-corrected chi connectivity index (χ2v) is 16.0. The highest BCUT2D eigenvalue weighted by molar-refractivity contribution is 7.86. The van der Waals surface area contributed by atoms with Gasteiger partial charge in [0, 0.05) is 26.7 Å². The Labute approximate surface area is 205 Å². The fourth-order valence-electron chi connectivity index (χ4n) is 4.77. The number of hydrogen-bond donors (Lipinski definition) is 1. The highest BCUT2D eigenvalue weighted by Crippen LogP contribution is 2.34. The molecule has 2 unspecified atom stereocenters. The van der Waals surface area contributed by atoms with Gasteiger partial charge in [0.15, 0.2) is 8.32 Å². The molecule has 1 saturated heterocycles. The highest BCUT2D eigenvalue weighted by atomic mass is 32.2. The molecule has 0 radical (unpaired) electrons. The molecule has 0 saturated carbocycles. The summed E-state index contributed by atoms with van der Waals surface area (Å²) in [4.78, 5) is 13.6. The fraction of sp³-hybridized carbons (Fsp3) is 0.696. The molecule has 1 heterocycles. The molecule has 1 fully saturated rings. The fourth-order valence-corrected chi connectivity index (χ4v) is 8.71. The van der Waals surface area contributed by atoms with Gasteiger partial charge in [0.1, 0.15) is 5.75 Å². The number of hydrogen-bond acceptors (Lipinski definition) is 5. The van der Waals surface area contributed by atoms with Crippen molar-refractivity contribution >= 4 is 24.6 Å². The number of carboxylic acid groups (broad SMARTS) is 1. The molecule has 9 nitrogen and oxygen atoms in total. The molecule has 34 heavy (non-hydrogen) atoms. The van der Waals surface area contributed by atoms with Crippen molar-refractivity contribution in [3.8, 4) is 5.75 Å². The molecule has 11 heteroatoms. The molecule has 1 aliphatic rings. The van der Waals surface area contributed by atoms with E-state index in [0.29, 0.717) is 12.2 Å². The summed E-state index contributed by atoms with van der Waals surface area (Å²) in [6, 6.07) is 8.60. The third-order valence-electron chi connectivity index (χ3n) is 7.20. The molecule has 0 spiro atoms. The number of amides is 1. The molecular weight excluding hydrogens is 474 g/mol. The minimum Gasteiger partial charge on any atom is -0.497 e. The number of likely N-dealkylation sites (tertiary alicyclic amines) is 1. The summed E-state index contributed by atoms with van der Waals surface area (Å²) < 4.78 is 41.3. The van der Waals surface area contributed by atoms with Crippen molar-refractivity contribution in [2.75, 3.05) is 27.8 Å². The van der Waals surface area contributed by atoms with Crippen LogP contribution in [0.5, 0.6) is 5.75 Å². The van der Waals surface area contributed by atoms with Crippen LogP contribution in [0.3, 0.4) is 0 Å². The van der Waals surface area contributed by atoms with Crippen molar-refractivity contribution < 1.29 is 27.5 Å². The monoisotopic (exact) mass is 515 g/mol. The molecule has 1 aromatic carbocycles. The Balaban J connectivity index is 2.48. The molecule has 1 N–H and O–H groups in total. The number of carbonyl (C=O) groups is 1. The summed E-state index contributed by atoms with van der Waals surface area (Å²) in [5, 5.41) is 10.0. The first kappa shape index (κ1) is 28.6. The van der Waals surface area contributed by atoms with Crippen LogP contribution in [-0.2, 0) is 21.2 Å². The zero-order valence-corrected chi connectivity index (χ0v) is 23.3. The second kappa shape index (κ2) is 11.8. The second-order valence-electron chi connectivity index (χ2n) is 9.15. The Morgan fingerprint density at radius 1 is 1.15 bits per heavy atom. The van der Waals surface area contributed by atoms with Gasteiger partial charge in [-0.15, -0.1) is 0 Å². The Hall–Kier alpha value is -1.66. The van der Waals surface area contributed by atoms with Crippen LogP contribution in [0, 0.1) is 0 Å². The average molecular weight is 516 g/mol. The van der Waals surface area contributed by atoms with Gasteiger partial charge in [-0.3, -0.25) is 4.90 Å². The topological polar surface area (TPSA) is 99.6 Å². The zero-order valence-electron chi connectivity index (χ0n) is 21.5. The normalized spacial score (nSPS) is 21.4. The largest absolute Gasteiger partial charge is 0.497 e. The Kier molecular flexibility index (Phi) is 9.96. The maximum Gasteiger partial charge on any atom is 0.407 e. The molecule has 0 bridgehead atoms. The van der Waals surface area contributed by atoms with Gasteiger partial charge < -0.3 is 14.3 Å². The standard InChI is InChI=1S/C23H41N3O6SSi/c1-8-34(9-2,10-3)32-17-22-21(15-18(4)26(22)23(27)28)25(33(29,30)24(5)6)16-19-11-13-20(31-7)14-12-19/h11-14,18,21-22H,8-10,15-17H2,1-7H3,(H,27,28)/t18-,21?,22?/m1/s1. The predicted octanol–water partition coefficient (Wildman–Crippen LogP) is 3.83. The lowest BCUT2D eigenvalue weighted by Gasteiger charge is -2.37. The minimum absolute atomic E-state index is 0.129. The van der Waals surface area contributed by atoms with Crippen LogP contribution in [0.15, 0.2) is 24.3 Å². The number of rotatable bonds is 12. The van der Waals surface area contributed by atoms with E-state index in [1.807, 2.05) is 19.1 Å². The molecule has 194 valence electrons. The van der Waals surface area contributed by atoms with Crippen LogP contribution < -0.4 is 4.74 Å². The minimum atomic E-state index is -3.84. The van der Waals surface area contributed by atoms with E-state index in [2.05, 4.69) is 20.8 Å². The molecule has 3 atom stereocenters. The highest BCUT2D eigenvalue weighted by Gasteiger charge is 2.49. The quantitative estimate of drug-likeness (QED) is 0.425. The van der Waals surface area contributed by atoms with Gasteiger partial charge in [-0.2, -0.15) is 17.0 Å². The maximum absolute atomic E-state index is 13.5. The van der Waals surface area contributed by atoms with Crippen molar-refractivity contribution in [2.45, 2.75) is 76.9 Å². The lowest BCUT2D eigenvalue weighted by Crippen LogP contribution is -2.54. The molecular formula is C23H41N3O6SSi. The van der Waals surface area contributed by atoms with Crippen molar-refractivity contribution in [3.63, 3.8) is 0 Å². The summed E-state index contributed by atoms with van der Waals surface area (Å²) in [6.45, 7) is 8.52. The van der Waals surface area contributed by atoms with Crippen molar-refractivity contribution in [2.24, 2.45) is 0 Å². The zero-order chi connectivity index (χ0) is 25.7. The van der Waals surface area contributed by atoms with E-state index in [-0.39, 0.29) is 19.2 Å². The average Bonchev–Trinajstić information content (AvgIpc) is 3.14. The summed E-state index contributed by atoms with van der Waals surface area (Å²) in [5.41, 5.74) is 0.798. The first-order valence-electron chi connectivity index (χ1n) is 11.9. The van der Waals surface area contributed by atoms with Gasteiger partial charge in [-0.1, -0.05) is 32.9 Å². The lowest BCUT2D eigenvalue weighted by atomic mass is 10.1. The Morgan fingerprint density at radius 2 is 1.71 bits per heavy atom.